The quantitative estimate of drug-likeness (QED) is 0.338. The van der Waals surface area contributed by atoms with Crippen LogP contribution >= 0.6 is 0 Å². The Hall–Kier alpha value is -4.86. The molecule has 10 nitrogen and oxygen atoms in total. The van der Waals surface area contributed by atoms with Crippen molar-refractivity contribution < 1.29 is 14.9 Å². The fraction of sp³-hybridized carbons (Fsp3) is 0.0833. The number of rotatable bonds is 6. The number of aromatic nitrogens is 5. The number of benzene rings is 2. The van der Waals surface area contributed by atoms with Crippen LogP contribution in [0, 0.1) is 18.8 Å². The molecule has 0 radical (unpaired) electrons. The molecule has 0 unspecified atom stereocenters. The maximum absolute atomic E-state index is 11.0. The van der Waals surface area contributed by atoms with Gasteiger partial charge in [-0.2, -0.15) is 5.10 Å². The molecular weight excluding hydrogens is 434 g/mol. The lowest BCUT2D eigenvalue weighted by Gasteiger charge is -2.11. The van der Waals surface area contributed by atoms with Crippen LogP contribution in [0.5, 0.6) is 11.5 Å². The summed E-state index contributed by atoms with van der Waals surface area (Å²) >= 11 is 0. The van der Waals surface area contributed by atoms with Gasteiger partial charge in [0.2, 0.25) is 0 Å². The Morgan fingerprint density at radius 1 is 1.00 bits per heavy atom. The summed E-state index contributed by atoms with van der Waals surface area (Å²) in [7, 11) is 0. The van der Waals surface area contributed by atoms with Gasteiger partial charge < -0.3 is 10.1 Å². The summed E-state index contributed by atoms with van der Waals surface area (Å²) in [5, 5.41) is 16.9. The van der Waals surface area contributed by atoms with E-state index in [0.29, 0.717) is 28.3 Å². The molecule has 0 amide bonds. The van der Waals surface area contributed by atoms with Crippen LogP contribution in [0.2, 0.25) is 0 Å². The summed E-state index contributed by atoms with van der Waals surface area (Å²) in [5.74, 6) is 1.96. The number of hydrogen-bond acceptors (Lipinski definition) is 7. The standard InChI is InChI=1S/C24H20N7O3/c1-15-11-17(4-10-22(15)34-20-9-3-16(2)25-12-20)28-24-23-21(26-14-27-24)13-30(29-23)18-5-7-19(8-6-18)31(32)33/h3-14H,1-2H3,(H,32,33)(H,26,27,28)/q+1. The third-order valence-electron chi connectivity index (χ3n) is 5.19. The predicted octanol–water partition coefficient (Wildman–Crippen LogP) is 5.16. The van der Waals surface area contributed by atoms with Crippen molar-refractivity contribution in [1.29, 1.82) is 0 Å². The molecule has 0 atom stereocenters. The molecule has 0 bridgehead atoms. The first-order chi connectivity index (χ1) is 16.5. The van der Waals surface area contributed by atoms with Gasteiger partial charge in [0, 0.05) is 23.5 Å². The normalized spacial score (nSPS) is 10.9. The summed E-state index contributed by atoms with van der Waals surface area (Å²) in [6.45, 7) is 3.89. The minimum Gasteiger partial charge on any atom is -0.455 e. The van der Waals surface area contributed by atoms with Crippen molar-refractivity contribution in [1.82, 2.24) is 24.7 Å². The zero-order valence-corrected chi connectivity index (χ0v) is 18.4. The first-order valence-corrected chi connectivity index (χ1v) is 10.4. The van der Waals surface area contributed by atoms with Gasteiger partial charge in [-0.1, -0.05) is 0 Å². The van der Waals surface area contributed by atoms with E-state index >= 15 is 0 Å². The number of nitrogens with one attached hydrogen (secondary N) is 1. The highest BCUT2D eigenvalue weighted by atomic mass is 16.6. The smallest absolute Gasteiger partial charge is 0.316 e. The molecule has 0 saturated heterocycles. The van der Waals surface area contributed by atoms with Gasteiger partial charge >= 0.3 is 5.69 Å². The number of fused-ring (bicyclic) bond motifs is 1. The molecule has 5 rings (SSSR count). The first kappa shape index (κ1) is 21.0. The second kappa shape index (κ2) is 8.58. The van der Waals surface area contributed by atoms with Crippen molar-refractivity contribution in [3.8, 4) is 17.2 Å². The third-order valence-corrected chi connectivity index (χ3v) is 5.19. The highest BCUT2D eigenvalue weighted by Crippen LogP contribution is 2.29. The SMILES string of the molecule is Cc1ccc(Oc2ccc(Nc3ncnc4cn(-c5ccc([N+](=O)O)cc5)nc34)cc2C)cn1. The third kappa shape index (κ3) is 4.24. The summed E-state index contributed by atoms with van der Waals surface area (Å²) < 4.78 is 7.58. The van der Waals surface area contributed by atoms with Gasteiger partial charge in [-0.25, -0.2) is 19.9 Å². The molecule has 2 aromatic carbocycles. The number of nitrogens with zero attached hydrogens (tertiary/aromatic N) is 6. The largest absolute Gasteiger partial charge is 0.455 e. The molecule has 0 spiro atoms. The Bertz CT molecular complexity index is 1500. The maximum Gasteiger partial charge on any atom is 0.316 e. The fourth-order valence-electron chi connectivity index (χ4n) is 3.41. The van der Waals surface area contributed by atoms with E-state index in [1.54, 1.807) is 29.2 Å². The Morgan fingerprint density at radius 2 is 1.82 bits per heavy atom. The minimum atomic E-state index is -0.188. The average Bonchev–Trinajstić information content (AvgIpc) is 3.28. The summed E-state index contributed by atoms with van der Waals surface area (Å²) in [6, 6.07) is 15.9. The lowest BCUT2D eigenvalue weighted by atomic mass is 10.2. The van der Waals surface area contributed by atoms with E-state index in [-0.39, 0.29) is 10.6 Å². The van der Waals surface area contributed by atoms with Gasteiger partial charge in [0.25, 0.3) is 4.92 Å². The van der Waals surface area contributed by atoms with Crippen LogP contribution in [-0.2, 0) is 0 Å². The molecular formula is C24H20N7O3+. The summed E-state index contributed by atoms with van der Waals surface area (Å²) in [5.41, 5.74) is 4.77. The minimum absolute atomic E-state index is 0.129. The monoisotopic (exact) mass is 454 g/mol. The second-order valence-electron chi connectivity index (χ2n) is 7.66. The van der Waals surface area contributed by atoms with E-state index in [2.05, 4.69) is 25.4 Å². The summed E-state index contributed by atoms with van der Waals surface area (Å²) in [6.07, 6.45) is 4.93. The Morgan fingerprint density at radius 3 is 2.53 bits per heavy atom. The van der Waals surface area contributed by atoms with Crippen molar-refractivity contribution in [2.45, 2.75) is 13.8 Å². The van der Waals surface area contributed by atoms with E-state index < -0.39 is 0 Å². The number of ether oxygens (including phenoxy) is 1. The van der Waals surface area contributed by atoms with Crippen molar-refractivity contribution >= 4 is 28.2 Å². The van der Waals surface area contributed by atoms with Gasteiger partial charge in [0.1, 0.15) is 23.3 Å². The number of anilines is 2. The van der Waals surface area contributed by atoms with Crippen LogP contribution in [0.15, 0.2) is 73.3 Å². The van der Waals surface area contributed by atoms with Crippen molar-refractivity contribution in [3.63, 3.8) is 0 Å². The molecule has 3 aromatic heterocycles. The van der Waals surface area contributed by atoms with Gasteiger partial charge in [-0.05, 0) is 61.9 Å². The van der Waals surface area contributed by atoms with Crippen molar-refractivity contribution in [3.05, 3.63) is 89.5 Å². The Kier molecular flexibility index (Phi) is 5.30. The maximum atomic E-state index is 11.0. The van der Waals surface area contributed by atoms with Gasteiger partial charge in [0.15, 0.2) is 11.3 Å². The van der Waals surface area contributed by atoms with Crippen LogP contribution in [0.4, 0.5) is 17.2 Å². The fourth-order valence-corrected chi connectivity index (χ4v) is 3.41. The number of aryl methyl sites for hydroxylation is 2. The van der Waals surface area contributed by atoms with Crippen LogP contribution < -0.4 is 10.1 Å². The van der Waals surface area contributed by atoms with Crippen molar-refractivity contribution in [2.24, 2.45) is 0 Å². The molecule has 168 valence electrons. The Labute approximate surface area is 194 Å². The molecule has 3 heterocycles. The molecule has 0 aliphatic carbocycles. The van der Waals surface area contributed by atoms with E-state index in [0.717, 1.165) is 22.7 Å². The van der Waals surface area contributed by atoms with Gasteiger partial charge in [-0.15, -0.1) is 0 Å². The van der Waals surface area contributed by atoms with Crippen LogP contribution in [0.1, 0.15) is 11.3 Å². The average molecular weight is 454 g/mol. The van der Waals surface area contributed by atoms with Crippen LogP contribution in [-0.4, -0.2) is 34.9 Å². The van der Waals surface area contributed by atoms with Crippen LogP contribution in [0.25, 0.3) is 16.7 Å². The zero-order valence-electron chi connectivity index (χ0n) is 18.4. The van der Waals surface area contributed by atoms with Crippen molar-refractivity contribution in [2.75, 3.05) is 5.32 Å². The zero-order chi connectivity index (χ0) is 23.7. The number of pyridine rings is 1. The van der Waals surface area contributed by atoms with Gasteiger partial charge in [-0.3, -0.25) is 4.98 Å². The second-order valence-corrected chi connectivity index (χ2v) is 7.66. The Balaban J connectivity index is 1.39. The molecule has 2 N–H and O–H groups in total. The molecule has 0 aliphatic heterocycles. The molecule has 0 fully saturated rings. The summed E-state index contributed by atoms with van der Waals surface area (Å²) in [4.78, 5) is 23.7. The molecule has 5 aromatic rings. The topological polar surface area (TPSA) is 118 Å². The first-order valence-electron chi connectivity index (χ1n) is 10.4. The van der Waals surface area contributed by atoms with E-state index in [4.69, 9.17) is 9.94 Å². The number of hydrogen-bond donors (Lipinski definition) is 2. The molecule has 10 heteroatoms. The molecule has 0 aliphatic rings. The van der Waals surface area contributed by atoms with E-state index in [1.165, 1.54) is 18.5 Å². The lowest BCUT2D eigenvalue weighted by molar-refractivity contribution is -0.729. The van der Waals surface area contributed by atoms with Gasteiger partial charge in [0.05, 0.1) is 23.0 Å². The van der Waals surface area contributed by atoms with E-state index in [9.17, 15) is 4.91 Å². The lowest BCUT2D eigenvalue weighted by Crippen LogP contribution is -1.98. The molecule has 34 heavy (non-hydrogen) atoms. The van der Waals surface area contributed by atoms with Crippen LogP contribution in [0.3, 0.4) is 0 Å². The van der Waals surface area contributed by atoms with E-state index in [1.807, 2.05) is 44.2 Å². The highest BCUT2D eigenvalue weighted by Gasteiger charge is 2.14. The molecule has 0 saturated carbocycles. The predicted molar refractivity (Wildman–Crippen MR) is 125 cm³/mol. The highest BCUT2D eigenvalue weighted by molar-refractivity contribution is 5.87.